The summed E-state index contributed by atoms with van der Waals surface area (Å²) in [6.45, 7) is 13.3. The Morgan fingerprint density at radius 2 is 1.26 bits per heavy atom. The maximum absolute atomic E-state index is 2.38. The summed E-state index contributed by atoms with van der Waals surface area (Å²) >= 11 is 0. The first-order valence-electron chi connectivity index (χ1n) is 11.3. The van der Waals surface area contributed by atoms with Crippen LogP contribution in [0.5, 0.6) is 0 Å². The molecule has 0 heterocycles. The molecule has 0 aromatic heterocycles. The van der Waals surface area contributed by atoms with Gasteiger partial charge in [0.15, 0.2) is 0 Å². The van der Waals surface area contributed by atoms with Gasteiger partial charge in [-0.15, -0.1) is 0 Å². The monoisotopic (exact) mass is 404 g/mol. The standard InChI is InChI=1S/C31H32/c1-7-25-10-8-9-11-29(25)30-18-26(14-13-21(30)3)27-17-22(4)24(6)31(19-27)28-15-12-20(2)16-23(28)5/h8-19H,7H2,1-6H3. The van der Waals surface area contributed by atoms with Gasteiger partial charge in [0.25, 0.3) is 0 Å². The van der Waals surface area contributed by atoms with Gasteiger partial charge in [-0.2, -0.15) is 0 Å². The normalized spacial score (nSPS) is 11.0. The maximum atomic E-state index is 2.38. The second-order valence-corrected chi connectivity index (χ2v) is 8.82. The molecule has 0 radical (unpaired) electrons. The fourth-order valence-corrected chi connectivity index (χ4v) is 4.60. The predicted octanol–water partition coefficient (Wildman–Crippen LogP) is 8.79. The SMILES string of the molecule is CCc1ccccc1-c1cc(-c2cc(C)c(C)c(-c3ccc(C)cc3C)c2)ccc1C. The maximum Gasteiger partial charge on any atom is -0.0143 e. The van der Waals surface area contributed by atoms with Gasteiger partial charge in [-0.25, -0.2) is 0 Å². The van der Waals surface area contributed by atoms with Crippen LogP contribution in [0.3, 0.4) is 0 Å². The van der Waals surface area contributed by atoms with Crippen molar-refractivity contribution in [2.45, 2.75) is 48.0 Å². The lowest BCUT2D eigenvalue weighted by Crippen LogP contribution is -1.94. The van der Waals surface area contributed by atoms with E-state index in [4.69, 9.17) is 0 Å². The van der Waals surface area contributed by atoms with E-state index in [2.05, 4.69) is 114 Å². The van der Waals surface area contributed by atoms with Crippen molar-refractivity contribution in [3.8, 4) is 33.4 Å². The van der Waals surface area contributed by atoms with Crippen molar-refractivity contribution in [3.63, 3.8) is 0 Å². The smallest absolute Gasteiger partial charge is 0.0143 e. The molecule has 0 atom stereocenters. The van der Waals surface area contributed by atoms with Crippen LogP contribution < -0.4 is 0 Å². The molecule has 0 N–H and O–H groups in total. The van der Waals surface area contributed by atoms with Crippen LogP contribution in [-0.4, -0.2) is 0 Å². The molecule has 0 aliphatic heterocycles. The highest BCUT2D eigenvalue weighted by Gasteiger charge is 2.13. The van der Waals surface area contributed by atoms with Gasteiger partial charge >= 0.3 is 0 Å². The zero-order chi connectivity index (χ0) is 22.1. The lowest BCUT2D eigenvalue weighted by atomic mass is 9.88. The molecule has 0 heteroatoms. The van der Waals surface area contributed by atoms with Gasteiger partial charge in [0.1, 0.15) is 0 Å². The molecule has 0 fully saturated rings. The molecule has 0 unspecified atom stereocenters. The number of hydrogen-bond donors (Lipinski definition) is 0. The first kappa shape index (κ1) is 21.1. The Bertz CT molecular complexity index is 1260. The third kappa shape index (κ3) is 4.08. The fourth-order valence-electron chi connectivity index (χ4n) is 4.60. The van der Waals surface area contributed by atoms with E-state index in [1.807, 2.05) is 0 Å². The van der Waals surface area contributed by atoms with E-state index in [9.17, 15) is 0 Å². The van der Waals surface area contributed by atoms with Crippen LogP contribution in [0.15, 0.2) is 72.8 Å². The number of rotatable bonds is 4. The van der Waals surface area contributed by atoms with Crippen molar-refractivity contribution in [3.05, 3.63) is 106 Å². The van der Waals surface area contributed by atoms with Crippen molar-refractivity contribution in [2.75, 3.05) is 0 Å². The molecule has 0 nitrogen and oxygen atoms in total. The minimum atomic E-state index is 1.04. The van der Waals surface area contributed by atoms with Crippen molar-refractivity contribution in [1.29, 1.82) is 0 Å². The van der Waals surface area contributed by atoms with Crippen LogP contribution in [0.2, 0.25) is 0 Å². The van der Waals surface area contributed by atoms with Gasteiger partial charge in [-0.3, -0.25) is 0 Å². The van der Waals surface area contributed by atoms with Crippen LogP contribution in [0.25, 0.3) is 33.4 Å². The molecule has 0 aliphatic carbocycles. The first-order chi connectivity index (χ1) is 14.9. The Labute approximate surface area is 187 Å². The molecule has 4 aromatic carbocycles. The van der Waals surface area contributed by atoms with E-state index in [0.29, 0.717) is 0 Å². The molecular weight excluding hydrogens is 372 g/mol. The van der Waals surface area contributed by atoms with Gasteiger partial charge in [0.2, 0.25) is 0 Å². The highest BCUT2D eigenvalue weighted by Crippen LogP contribution is 2.36. The quantitative estimate of drug-likeness (QED) is 0.319. The van der Waals surface area contributed by atoms with Gasteiger partial charge in [-0.1, -0.05) is 73.2 Å². The molecule has 0 amide bonds. The van der Waals surface area contributed by atoms with E-state index in [1.54, 1.807) is 0 Å². The molecular formula is C31H32. The van der Waals surface area contributed by atoms with Crippen molar-refractivity contribution in [2.24, 2.45) is 0 Å². The minimum absolute atomic E-state index is 1.04. The molecule has 0 aliphatic rings. The lowest BCUT2D eigenvalue weighted by molar-refractivity contribution is 1.14. The third-order valence-corrected chi connectivity index (χ3v) is 6.60. The molecule has 4 aromatic rings. The highest BCUT2D eigenvalue weighted by molar-refractivity contribution is 5.82. The Balaban J connectivity index is 1.89. The van der Waals surface area contributed by atoms with Gasteiger partial charge in [0, 0.05) is 0 Å². The van der Waals surface area contributed by atoms with E-state index >= 15 is 0 Å². The summed E-state index contributed by atoms with van der Waals surface area (Å²) in [5.74, 6) is 0. The van der Waals surface area contributed by atoms with E-state index < -0.39 is 0 Å². The second kappa shape index (κ2) is 8.55. The average Bonchev–Trinajstić information content (AvgIpc) is 2.76. The van der Waals surface area contributed by atoms with E-state index in [-0.39, 0.29) is 0 Å². The van der Waals surface area contributed by atoms with Gasteiger partial charge in [-0.05, 0) is 114 Å². The molecule has 156 valence electrons. The summed E-state index contributed by atoms with van der Waals surface area (Å²) in [7, 11) is 0. The number of hydrogen-bond acceptors (Lipinski definition) is 0. The third-order valence-electron chi connectivity index (χ3n) is 6.60. The molecule has 0 saturated heterocycles. The first-order valence-corrected chi connectivity index (χ1v) is 11.3. The largest absolute Gasteiger partial charge is 0.0620 e. The number of aryl methyl sites for hydroxylation is 5. The van der Waals surface area contributed by atoms with Crippen LogP contribution in [0.4, 0.5) is 0 Å². The zero-order valence-corrected chi connectivity index (χ0v) is 19.6. The zero-order valence-electron chi connectivity index (χ0n) is 19.6. The summed E-state index contributed by atoms with van der Waals surface area (Å²) in [6, 6.07) is 27.2. The van der Waals surface area contributed by atoms with Crippen LogP contribution >= 0.6 is 0 Å². The molecule has 0 bridgehead atoms. The van der Waals surface area contributed by atoms with Gasteiger partial charge in [0.05, 0.1) is 0 Å². The Hall–Kier alpha value is -3.12. The molecule has 0 spiro atoms. The Kier molecular flexibility index (Phi) is 5.83. The summed E-state index contributed by atoms with van der Waals surface area (Å²) in [5, 5.41) is 0. The minimum Gasteiger partial charge on any atom is -0.0620 e. The van der Waals surface area contributed by atoms with Crippen molar-refractivity contribution < 1.29 is 0 Å². The topological polar surface area (TPSA) is 0 Å². The van der Waals surface area contributed by atoms with Crippen LogP contribution in [0.1, 0.15) is 40.3 Å². The summed E-state index contributed by atoms with van der Waals surface area (Å²) < 4.78 is 0. The van der Waals surface area contributed by atoms with Gasteiger partial charge < -0.3 is 0 Å². The van der Waals surface area contributed by atoms with E-state index in [0.717, 1.165) is 6.42 Å². The molecule has 0 saturated carbocycles. The molecule has 31 heavy (non-hydrogen) atoms. The highest BCUT2D eigenvalue weighted by atomic mass is 14.2. The number of benzene rings is 4. The van der Waals surface area contributed by atoms with Crippen molar-refractivity contribution >= 4 is 0 Å². The Morgan fingerprint density at radius 1 is 0.516 bits per heavy atom. The fraction of sp³-hybridized carbons (Fsp3) is 0.226. The Morgan fingerprint density at radius 3 is 2.00 bits per heavy atom. The van der Waals surface area contributed by atoms with Crippen LogP contribution in [0, 0.1) is 34.6 Å². The summed E-state index contributed by atoms with van der Waals surface area (Å²) in [5.41, 5.74) is 16.0. The van der Waals surface area contributed by atoms with Crippen LogP contribution in [-0.2, 0) is 6.42 Å². The lowest BCUT2D eigenvalue weighted by Gasteiger charge is -2.17. The summed E-state index contributed by atoms with van der Waals surface area (Å²) in [6.07, 6.45) is 1.04. The summed E-state index contributed by atoms with van der Waals surface area (Å²) in [4.78, 5) is 0. The average molecular weight is 405 g/mol. The second-order valence-electron chi connectivity index (χ2n) is 8.82. The van der Waals surface area contributed by atoms with E-state index in [1.165, 1.54) is 66.8 Å². The predicted molar refractivity (Wildman–Crippen MR) is 136 cm³/mol. The van der Waals surface area contributed by atoms with Crippen molar-refractivity contribution in [1.82, 2.24) is 0 Å². The molecule has 4 rings (SSSR count).